The molecule has 0 aliphatic carbocycles. The van der Waals surface area contributed by atoms with E-state index < -0.39 is 5.76 Å². The first kappa shape index (κ1) is 16.8. The number of hydrogen-bond acceptors (Lipinski definition) is 4. The van der Waals surface area contributed by atoms with Crippen molar-refractivity contribution < 1.29 is 14.3 Å². The molecule has 2 N–H and O–H groups in total. The quantitative estimate of drug-likeness (QED) is 0.722. The Hall–Kier alpha value is -3.02. The lowest BCUT2D eigenvalue weighted by Crippen LogP contribution is -2.29. The standard InChI is InChI=1S/C19H20N2O4/c1-2-14(13-7-3-5-9-16(13)22)20-18(23)11-12-21-15-8-4-6-10-17(15)25-19(21)24/h3-10,14,22H,2,11-12H2,1H3,(H,20,23)/t14-/m1/s1. The maximum absolute atomic E-state index is 12.3. The van der Waals surface area contributed by atoms with Crippen molar-refractivity contribution >= 4 is 17.0 Å². The number of carbonyl (C=O) groups is 1. The molecule has 1 heterocycles. The molecule has 1 amide bonds. The van der Waals surface area contributed by atoms with E-state index in [1.807, 2.05) is 19.1 Å². The third-order valence-electron chi connectivity index (χ3n) is 4.19. The molecule has 1 atom stereocenters. The Labute approximate surface area is 144 Å². The summed E-state index contributed by atoms with van der Waals surface area (Å²) in [5, 5.41) is 12.9. The van der Waals surface area contributed by atoms with Crippen LogP contribution in [0.2, 0.25) is 0 Å². The van der Waals surface area contributed by atoms with Crippen molar-refractivity contribution in [1.29, 1.82) is 0 Å². The minimum absolute atomic E-state index is 0.146. The summed E-state index contributed by atoms with van der Waals surface area (Å²) in [4.78, 5) is 24.2. The van der Waals surface area contributed by atoms with Crippen LogP contribution in [-0.2, 0) is 11.3 Å². The average molecular weight is 340 g/mol. The van der Waals surface area contributed by atoms with Gasteiger partial charge in [-0.15, -0.1) is 0 Å². The van der Waals surface area contributed by atoms with Gasteiger partial charge in [0.05, 0.1) is 11.6 Å². The van der Waals surface area contributed by atoms with Gasteiger partial charge in [-0.25, -0.2) is 4.79 Å². The number of carbonyl (C=O) groups excluding carboxylic acids is 1. The van der Waals surface area contributed by atoms with Crippen LogP contribution in [-0.4, -0.2) is 15.6 Å². The van der Waals surface area contributed by atoms with Gasteiger partial charge in [0.25, 0.3) is 0 Å². The number of rotatable bonds is 6. The first-order valence-electron chi connectivity index (χ1n) is 8.25. The molecule has 2 aromatic carbocycles. The number of aromatic nitrogens is 1. The van der Waals surface area contributed by atoms with Gasteiger partial charge in [0.1, 0.15) is 5.75 Å². The summed E-state index contributed by atoms with van der Waals surface area (Å²) in [6, 6.07) is 13.8. The van der Waals surface area contributed by atoms with Crippen LogP contribution < -0.4 is 11.1 Å². The van der Waals surface area contributed by atoms with Crippen molar-refractivity contribution in [3.63, 3.8) is 0 Å². The van der Waals surface area contributed by atoms with Crippen molar-refractivity contribution in [3.05, 3.63) is 64.6 Å². The molecule has 130 valence electrons. The number of phenolic OH excluding ortho intramolecular Hbond substituents is 1. The minimum atomic E-state index is -0.471. The number of aryl methyl sites for hydroxylation is 1. The van der Waals surface area contributed by atoms with Gasteiger partial charge in [-0.05, 0) is 24.6 Å². The fourth-order valence-electron chi connectivity index (χ4n) is 2.89. The van der Waals surface area contributed by atoms with Gasteiger partial charge < -0.3 is 14.8 Å². The Morgan fingerprint density at radius 3 is 2.68 bits per heavy atom. The molecule has 6 nitrogen and oxygen atoms in total. The maximum Gasteiger partial charge on any atom is 0.419 e. The zero-order chi connectivity index (χ0) is 17.8. The highest BCUT2D eigenvalue weighted by molar-refractivity contribution is 5.77. The second-order valence-electron chi connectivity index (χ2n) is 5.82. The van der Waals surface area contributed by atoms with Crippen molar-refractivity contribution in [1.82, 2.24) is 9.88 Å². The molecule has 0 saturated heterocycles. The van der Waals surface area contributed by atoms with Gasteiger partial charge in [-0.2, -0.15) is 0 Å². The second kappa shape index (κ2) is 7.25. The van der Waals surface area contributed by atoms with E-state index in [0.717, 1.165) is 0 Å². The normalized spacial score (nSPS) is 12.2. The number of phenols is 1. The molecule has 0 radical (unpaired) electrons. The number of amides is 1. The fraction of sp³-hybridized carbons (Fsp3) is 0.263. The number of hydrogen-bond donors (Lipinski definition) is 2. The summed E-state index contributed by atoms with van der Waals surface area (Å²) >= 11 is 0. The lowest BCUT2D eigenvalue weighted by molar-refractivity contribution is -0.122. The van der Waals surface area contributed by atoms with Crippen LogP contribution in [0.15, 0.2) is 57.7 Å². The van der Waals surface area contributed by atoms with E-state index in [2.05, 4.69) is 5.32 Å². The molecule has 0 spiro atoms. The highest BCUT2D eigenvalue weighted by Crippen LogP contribution is 2.25. The van der Waals surface area contributed by atoms with Gasteiger partial charge in [0, 0.05) is 18.5 Å². The number of para-hydroxylation sites is 3. The van der Waals surface area contributed by atoms with Crippen molar-refractivity contribution in [2.75, 3.05) is 0 Å². The predicted octanol–water partition coefficient (Wildman–Crippen LogP) is 2.96. The van der Waals surface area contributed by atoms with Gasteiger partial charge >= 0.3 is 5.76 Å². The summed E-state index contributed by atoms with van der Waals surface area (Å²) in [6.45, 7) is 2.17. The van der Waals surface area contributed by atoms with Crippen LogP contribution in [0.5, 0.6) is 5.75 Å². The molecule has 3 rings (SSSR count). The van der Waals surface area contributed by atoms with Crippen LogP contribution >= 0.6 is 0 Å². The summed E-state index contributed by atoms with van der Waals surface area (Å²) in [6.07, 6.45) is 0.797. The van der Waals surface area contributed by atoms with Gasteiger partial charge in [0.2, 0.25) is 5.91 Å². The number of aromatic hydroxyl groups is 1. The minimum Gasteiger partial charge on any atom is -0.508 e. The first-order chi connectivity index (χ1) is 12.1. The van der Waals surface area contributed by atoms with E-state index in [9.17, 15) is 14.7 Å². The first-order valence-corrected chi connectivity index (χ1v) is 8.25. The van der Waals surface area contributed by atoms with E-state index in [-0.39, 0.29) is 30.7 Å². The van der Waals surface area contributed by atoms with Crippen molar-refractivity contribution in [2.45, 2.75) is 32.4 Å². The molecule has 0 fully saturated rings. The SMILES string of the molecule is CC[C@@H](NC(=O)CCn1c(=O)oc2ccccc21)c1ccccc1O. The second-order valence-corrected chi connectivity index (χ2v) is 5.82. The summed E-state index contributed by atoms with van der Waals surface area (Å²) in [7, 11) is 0. The topological polar surface area (TPSA) is 84.5 Å². The molecule has 0 bridgehead atoms. The Bertz CT molecular complexity index is 942. The van der Waals surface area contributed by atoms with Gasteiger partial charge in [0.15, 0.2) is 5.58 Å². The van der Waals surface area contributed by atoms with Crippen LogP contribution in [0.3, 0.4) is 0 Å². The summed E-state index contributed by atoms with van der Waals surface area (Å²) in [5.74, 6) is -0.499. The molecule has 0 saturated carbocycles. The Balaban J connectivity index is 1.69. The van der Waals surface area contributed by atoms with Gasteiger partial charge in [-0.1, -0.05) is 37.3 Å². The molecular formula is C19H20N2O4. The maximum atomic E-state index is 12.3. The Morgan fingerprint density at radius 2 is 1.92 bits per heavy atom. The number of nitrogens with zero attached hydrogens (tertiary/aromatic N) is 1. The van der Waals surface area contributed by atoms with Crippen molar-refractivity contribution in [2.24, 2.45) is 0 Å². The van der Waals surface area contributed by atoms with E-state index in [0.29, 0.717) is 23.1 Å². The zero-order valence-corrected chi connectivity index (χ0v) is 13.9. The van der Waals surface area contributed by atoms with Gasteiger partial charge in [-0.3, -0.25) is 9.36 Å². The van der Waals surface area contributed by atoms with E-state index in [4.69, 9.17) is 4.42 Å². The predicted molar refractivity (Wildman–Crippen MR) is 94.4 cm³/mol. The number of fused-ring (bicyclic) bond motifs is 1. The molecule has 6 heteroatoms. The molecule has 1 aromatic heterocycles. The van der Waals surface area contributed by atoms with E-state index in [1.54, 1.807) is 36.4 Å². The van der Waals surface area contributed by atoms with Crippen LogP contribution in [0, 0.1) is 0 Å². The third kappa shape index (κ3) is 3.57. The molecule has 0 unspecified atom stereocenters. The third-order valence-corrected chi connectivity index (χ3v) is 4.19. The largest absolute Gasteiger partial charge is 0.508 e. The Kier molecular flexibility index (Phi) is 4.88. The molecule has 0 aliphatic heterocycles. The molecule has 3 aromatic rings. The molecule has 25 heavy (non-hydrogen) atoms. The summed E-state index contributed by atoms with van der Waals surface area (Å²) < 4.78 is 6.62. The monoisotopic (exact) mass is 340 g/mol. The fourth-order valence-corrected chi connectivity index (χ4v) is 2.89. The Morgan fingerprint density at radius 1 is 1.20 bits per heavy atom. The van der Waals surface area contributed by atoms with E-state index in [1.165, 1.54) is 4.57 Å². The van der Waals surface area contributed by atoms with Crippen molar-refractivity contribution in [3.8, 4) is 5.75 Å². The number of oxazole rings is 1. The van der Waals surface area contributed by atoms with Crippen LogP contribution in [0.25, 0.3) is 11.1 Å². The lowest BCUT2D eigenvalue weighted by Gasteiger charge is -2.18. The van der Waals surface area contributed by atoms with Crippen LogP contribution in [0.4, 0.5) is 0 Å². The smallest absolute Gasteiger partial charge is 0.419 e. The zero-order valence-electron chi connectivity index (χ0n) is 13.9. The average Bonchev–Trinajstić information content (AvgIpc) is 2.93. The number of nitrogens with one attached hydrogen (secondary N) is 1. The molecular weight excluding hydrogens is 320 g/mol. The van der Waals surface area contributed by atoms with Crippen LogP contribution in [0.1, 0.15) is 31.4 Å². The lowest BCUT2D eigenvalue weighted by atomic mass is 10.0. The summed E-state index contributed by atoms with van der Waals surface area (Å²) in [5.41, 5.74) is 1.87. The highest BCUT2D eigenvalue weighted by Gasteiger charge is 2.16. The number of benzene rings is 2. The van der Waals surface area contributed by atoms with E-state index >= 15 is 0 Å². The highest BCUT2D eigenvalue weighted by atomic mass is 16.4. The molecule has 0 aliphatic rings.